The lowest BCUT2D eigenvalue weighted by molar-refractivity contribution is -0.590. The maximum Gasteiger partial charge on any atom is 0.308 e. The molecule has 0 atom stereocenters. The molecule has 3 heterocycles. The number of rotatable bonds is 3. The van der Waals surface area contributed by atoms with Gasteiger partial charge < -0.3 is 5.11 Å². The van der Waals surface area contributed by atoms with Crippen LogP contribution in [-0.2, 0) is 13.0 Å². The molecule has 0 radical (unpaired) electrons. The largest absolute Gasteiger partial charge is 0.825 e. The monoisotopic (exact) mass is 304 g/mol. The van der Waals surface area contributed by atoms with Gasteiger partial charge in [-0.1, -0.05) is 28.1 Å². The number of pyridine rings is 1. The topological polar surface area (TPSA) is 57.9 Å². The van der Waals surface area contributed by atoms with Crippen molar-refractivity contribution in [2.45, 2.75) is 13.0 Å². The molecule has 0 fully saturated rings. The third-order valence-electron chi connectivity index (χ3n) is 2.85. The van der Waals surface area contributed by atoms with Crippen LogP contribution in [0.5, 0.6) is 6.01 Å². The zero-order valence-corrected chi connectivity index (χ0v) is 11.9. The molecular weight excluding hydrogens is 296 g/mol. The van der Waals surface area contributed by atoms with Gasteiger partial charge in [-0.15, -0.1) is 17.8 Å². The Labute approximate surface area is 124 Å². The fourth-order valence-electron chi connectivity index (χ4n) is 2.01. The van der Waals surface area contributed by atoms with E-state index in [4.69, 9.17) is 18.0 Å². The van der Waals surface area contributed by atoms with Crippen molar-refractivity contribution in [1.82, 2.24) is 14.6 Å². The van der Waals surface area contributed by atoms with Crippen molar-refractivity contribution in [1.29, 1.82) is 0 Å². The van der Waals surface area contributed by atoms with E-state index >= 15 is 0 Å². The first-order valence-electron chi connectivity index (χ1n) is 5.80. The first kappa shape index (κ1) is 12.9. The van der Waals surface area contributed by atoms with Crippen molar-refractivity contribution in [2.75, 3.05) is 0 Å². The second-order valence-corrected chi connectivity index (χ2v) is 5.81. The summed E-state index contributed by atoms with van der Waals surface area (Å²) >= 11 is 7.23. The Kier molecular flexibility index (Phi) is 3.30. The van der Waals surface area contributed by atoms with Gasteiger partial charge in [0, 0.05) is 23.6 Å². The van der Waals surface area contributed by atoms with Crippen LogP contribution in [0, 0.1) is 12.3 Å². The van der Waals surface area contributed by atoms with Crippen molar-refractivity contribution in [2.24, 2.45) is 0 Å². The predicted molar refractivity (Wildman–Crippen MR) is 73.6 cm³/mol. The molecule has 100 valence electrons. The van der Waals surface area contributed by atoms with Gasteiger partial charge in [-0.25, -0.2) is 9.55 Å². The minimum atomic E-state index is -0.349. The molecule has 3 rings (SSSR count). The van der Waals surface area contributed by atoms with Gasteiger partial charge in [-0.05, 0) is 11.2 Å². The lowest BCUT2D eigenvalue weighted by Crippen LogP contribution is -2.29. The van der Waals surface area contributed by atoms with Crippen LogP contribution in [0.25, 0.3) is 5.65 Å². The van der Waals surface area contributed by atoms with Gasteiger partial charge in [-0.2, -0.15) is 0 Å². The molecule has 0 aliphatic heterocycles. The average molecular weight is 305 g/mol. The van der Waals surface area contributed by atoms with E-state index in [1.54, 1.807) is 10.7 Å². The molecule has 0 N–H and O–H groups in total. The van der Waals surface area contributed by atoms with E-state index in [0.717, 1.165) is 10.6 Å². The molecule has 0 saturated carbocycles. The molecule has 20 heavy (non-hydrogen) atoms. The fraction of sp³-hybridized carbons (Fsp3) is 0.154. The van der Waals surface area contributed by atoms with Gasteiger partial charge in [-0.3, -0.25) is 0 Å². The lowest BCUT2D eigenvalue weighted by atomic mass is 10.2. The van der Waals surface area contributed by atoms with Gasteiger partial charge in [0.25, 0.3) is 0 Å². The molecule has 3 aromatic heterocycles. The van der Waals surface area contributed by atoms with Crippen molar-refractivity contribution < 1.29 is 9.62 Å². The van der Waals surface area contributed by atoms with Crippen LogP contribution in [0.15, 0.2) is 24.4 Å². The summed E-state index contributed by atoms with van der Waals surface area (Å²) in [6, 6.07) is 5.25. The Morgan fingerprint density at radius 2 is 2.35 bits per heavy atom. The highest BCUT2D eigenvalue weighted by Gasteiger charge is 2.17. The Hall–Kier alpha value is -2.10. The molecular formula is C13H9ClN4OS. The van der Waals surface area contributed by atoms with E-state index < -0.39 is 0 Å². The van der Waals surface area contributed by atoms with Crippen LogP contribution in [-0.4, -0.2) is 14.6 Å². The summed E-state index contributed by atoms with van der Waals surface area (Å²) in [6.45, 7) is 0.207. The van der Waals surface area contributed by atoms with Gasteiger partial charge in [0.2, 0.25) is 6.01 Å². The molecule has 0 spiro atoms. The second-order valence-electron chi connectivity index (χ2n) is 4.12. The number of thiazole rings is 1. The van der Waals surface area contributed by atoms with Crippen molar-refractivity contribution in [3.63, 3.8) is 0 Å². The first-order chi connectivity index (χ1) is 9.69. The molecule has 0 amide bonds. The van der Waals surface area contributed by atoms with Gasteiger partial charge in [0.1, 0.15) is 5.69 Å². The minimum Gasteiger partial charge on any atom is -0.825 e. The molecule has 0 aliphatic carbocycles. The summed E-state index contributed by atoms with van der Waals surface area (Å²) in [5.41, 5.74) is 1.57. The van der Waals surface area contributed by atoms with E-state index in [1.165, 1.54) is 15.9 Å². The highest BCUT2D eigenvalue weighted by Crippen LogP contribution is 2.20. The zero-order chi connectivity index (χ0) is 14.1. The van der Waals surface area contributed by atoms with Crippen LogP contribution < -0.4 is 9.62 Å². The van der Waals surface area contributed by atoms with Crippen LogP contribution in [0.4, 0.5) is 0 Å². The van der Waals surface area contributed by atoms with E-state index in [0.29, 0.717) is 16.5 Å². The van der Waals surface area contributed by atoms with Crippen LogP contribution in [0.3, 0.4) is 0 Å². The first-order valence-corrected chi connectivity index (χ1v) is 6.99. The van der Waals surface area contributed by atoms with E-state index in [2.05, 4.69) is 16.0 Å². The average Bonchev–Trinajstić information content (AvgIpc) is 2.96. The Morgan fingerprint density at radius 1 is 1.50 bits per heavy atom. The van der Waals surface area contributed by atoms with Crippen molar-refractivity contribution in [3.8, 4) is 18.4 Å². The van der Waals surface area contributed by atoms with E-state index in [-0.39, 0.29) is 12.6 Å². The third kappa shape index (κ3) is 2.22. The summed E-state index contributed by atoms with van der Waals surface area (Å²) in [4.78, 5) is 5.01. The lowest BCUT2D eigenvalue weighted by Gasteiger charge is -1.97. The summed E-state index contributed by atoms with van der Waals surface area (Å²) in [5.74, 6) is 2.46. The molecule has 7 heteroatoms. The quantitative estimate of drug-likeness (QED) is 0.536. The zero-order valence-electron chi connectivity index (χ0n) is 10.3. The minimum absolute atomic E-state index is 0.207. The Balaban J connectivity index is 2.08. The standard InChI is InChI=1S/C13H9ClN4OS/c1-2-6-17-11-5-3-4-9(18(11)16-13(17)19)7-10-8-15-12(14)20-10/h1,3-5,8H,6-7H2. The van der Waals surface area contributed by atoms with Gasteiger partial charge >= 0.3 is 5.65 Å². The summed E-state index contributed by atoms with van der Waals surface area (Å²) in [7, 11) is 0. The Morgan fingerprint density at radius 3 is 3.05 bits per heavy atom. The molecule has 0 bridgehead atoms. The van der Waals surface area contributed by atoms with Crippen LogP contribution in [0.2, 0.25) is 4.47 Å². The third-order valence-corrected chi connectivity index (χ3v) is 3.96. The smallest absolute Gasteiger partial charge is 0.308 e. The van der Waals surface area contributed by atoms with Gasteiger partial charge in [0.05, 0.1) is 0 Å². The van der Waals surface area contributed by atoms with Gasteiger partial charge in [0.15, 0.2) is 11.0 Å². The van der Waals surface area contributed by atoms with E-state index in [1.807, 2.05) is 18.2 Å². The predicted octanol–water partition coefficient (Wildman–Crippen LogP) is 1.03. The molecule has 0 unspecified atom stereocenters. The van der Waals surface area contributed by atoms with E-state index in [9.17, 15) is 5.11 Å². The molecule has 3 aromatic rings. The number of nitrogens with zero attached hydrogens (tertiary/aromatic N) is 4. The number of fused-ring (bicyclic) bond motifs is 1. The normalized spacial score (nSPS) is 10.8. The molecule has 5 nitrogen and oxygen atoms in total. The SMILES string of the molecule is C#CCn1c([O-])n[n+]2c(Cc3cnc(Cl)s3)cccc12. The maximum absolute atomic E-state index is 11.8. The summed E-state index contributed by atoms with van der Waals surface area (Å²) in [5, 5.41) is 15.9. The van der Waals surface area contributed by atoms with Crippen LogP contribution in [0.1, 0.15) is 10.6 Å². The molecule has 0 aromatic carbocycles. The highest BCUT2D eigenvalue weighted by molar-refractivity contribution is 7.15. The summed E-state index contributed by atoms with van der Waals surface area (Å²) in [6.07, 6.45) is 7.61. The Bertz CT molecular complexity index is 817. The molecule has 0 aliphatic rings. The number of hydrogen-bond donors (Lipinski definition) is 0. The summed E-state index contributed by atoms with van der Waals surface area (Å²) < 4.78 is 3.58. The number of halogens is 1. The van der Waals surface area contributed by atoms with Crippen molar-refractivity contribution in [3.05, 3.63) is 39.4 Å². The number of hydrogen-bond acceptors (Lipinski definition) is 4. The maximum atomic E-state index is 11.8. The molecule has 0 saturated heterocycles. The van der Waals surface area contributed by atoms with Crippen LogP contribution >= 0.6 is 22.9 Å². The number of aromatic nitrogens is 4. The highest BCUT2D eigenvalue weighted by atomic mass is 35.5. The van der Waals surface area contributed by atoms with Crippen molar-refractivity contribution >= 4 is 28.6 Å². The second kappa shape index (κ2) is 5.12. The fourth-order valence-corrected chi connectivity index (χ4v) is 3.00. The number of terminal acetylenes is 1.